The highest BCUT2D eigenvalue weighted by Gasteiger charge is 2.49. The zero-order chi connectivity index (χ0) is 22.3. The van der Waals surface area contributed by atoms with Crippen molar-refractivity contribution in [1.82, 2.24) is 15.1 Å². The van der Waals surface area contributed by atoms with Crippen LogP contribution in [0.15, 0.2) is 53.1 Å². The van der Waals surface area contributed by atoms with Crippen molar-refractivity contribution < 1.29 is 18.7 Å². The molecule has 3 heterocycles. The SMILES string of the molecule is COc1ccc(N2C(=O)c3cc(-c4ccco4)nn3CC2(C)C(=O)NC2CCCC2)cc1. The minimum Gasteiger partial charge on any atom is -0.497 e. The number of aromatic nitrogens is 2. The number of fused-ring (bicyclic) bond motifs is 1. The number of benzene rings is 1. The molecule has 1 N–H and O–H groups in total. The summed E-state index contributed by atoms with van der Waals surface area (Å²) in [6.45, 7) is 2.04. The molecule has 32 heavy (non-hydrogen) atoms. The Morgan fingerprint density at radius 1 is 1.22 bits per heavy atom. The average molecular weight is 434 g/mol. The van der Waals surface area contributed by atoms with E-state index in [9.17, 15) is 9.59 Å². The van der Waals surface area contributed by atoms with Crippen molar-refractivity contribution in [2.45, 2.75) is 50.7 Å². The molecule has 2 amide bonds. The van der Waals surface area contributed by atoms with E-state index >= 15 is 0 Å². The number of nitrogens with zero attached hydrogens (tertiary/aromatic N) is 3. The Bertz CT molecular complexity index is 1130. The van der Waals surface area contributed by atoms with Gasteiger partial charge in [-0.25, -0.2) is 0 Å². The number of amides is 2. The van der Waals surface area contributed by atoms with E-state index in [4.69, 9.17) is 9.15 Å². The van der Waals surface area contributed by atoms with Crippen LogP contribution < -0.4 is 15.0 Å². The van der Waals surface area contributed by atoms with Gasteiger partial charge in [-0.1, -0.05) is 12.8 Å². The number of ether oxygens (including phenoxy) is 1. The van der Waals surface area contributed by atoms with Crippen LogP contribution in [0.5, 0.6) is 5.75 Å². The van der Waals surface area contributed by atoms with Gasteiger partial charge in [-0.2, -0.15) is 5.10 Å². The molecule has 8 nitrogen and oxygen atoms in total. The monoisotopic (exact) mass is 434 g/mol. The van der Waals surface area contributed by atoms with E-state index in [1.54, 1.807) is 72.3 Å². The average Bonchev–Trinajstić information content (AvgIpc) is 3.55. The fourth-order valence-corrected chi connectivity index (χ4v) is 4.67. The lowest BCUT2D eigenvalue weighted by Gasteiger charge is -2.43. The molecule has 1 aliphatic heterocycles. The van der Waals surface area contributed by atoms with E-state index in [2.05, 4.69) is 10.4 Å². The van der Waals surface area contributed by atoms with Crippen LogP contribution in [0.2, 0.25) is 0 Å². The van der Waals surface area contributed by atoms with Crippen LogP contribution in [0.1, 0.15) is 43.1 Å². The molecule has 2 aromatic heterocycles. The highest BCUT2D eigenvalue weighted by atomic mass is 16.5. The Morgan fingerprint density at radius 3 is 2.62 bits per heavy atom. The quantitative estimate of drug-likeness (QED) is 0.662. The molecule has 5 rings (SSSR count). The highest BCUT2D eigenvalue weighted by Crippen LogP contribution is 2.35. The van der Waals surface area contributed by atoms with E-state index in [-0.39, 0.29) is 24.4 Å². The van der Waals surface area contributed by atoms with Gasteiger partial charge in [0.15, 0.2) is 5.76 Å². The van der Waals surface area contributed by atoms with Crippen LogP contribution in [-0.4, -0.2) is 40.3 Å². The van der Waals surface area contributed by atoms with Crippen LogP contribution in [0, 0.1) is 0 Å². The summed E-state index contributed by atoms with van der Waals surface area (Å²) in [5, 5.41) is 7.76. The fraction of sp³-hybridized carbons (Fsp3) is 0.375. The molecule has 2 aliphatic rings. The third kappa shape index (κ3) is 3.36. The van der Waals surface area contributed by atoms with Gasteiger partial charge in [0.25, 0.3) is 5.91 Å². The second-order valence-electron chi connectivity index (χ2n) is 8.62. The number of nitrogens with one attached hydrogen (secondary N) is 1. The van der Waals surface area contributed by atoms with Crippen LogP contribution >= 0.6 is 0 Å². The first-order valence-electron chi connectivity index (χ1n) is 10.9. The first kappa shape index (κ1) is 20.4. The minimum atomic E-state index is -1.15. The Morgan fingerprint density at radius 2 is 1.97 bits per heavy atom. The molecule has 0 spiro atoms. The first-order chi connectivity index (χ1) is 15.5. The number of carbonyl (C=O) groups excluding carboxylic acids is 2. The van der Waals surface area contributed by atoms with E-state index in [0.717, 1.165) is 25.7 Å². The molecule has 1 atom stereocenters. The van der Waals surface area contributed by atoms with Crippen LogP contribution in [0.4, 0.5) is 5.69 Å². The topological polar surface area (TPSA) is 89.6 Å². The second kappa shape index (κ2) is 7.85. The molecular formula is C24H26N4O4. The first-order valence-corrected chi connectivity index (χ1v) is 10.9. The lowest BCUT2D eigenvalue weighted by Crippen LogP contribution is -2.65. The Labute approximate surface area is 186 Å². The van der Waals surface area contributed by atoms with E-state index < -0.39 is 5.54 Å². The third-order valence-electron chi connectivity index (χ3n) is 6.44. The van der Waals surface area contributed by atoms with Gasteiger partial charge >= 0.3 is 0 Å². The Balaban J connectivity index is 1.57. The van der Waals surface area contributed by atoms with Crippen LogP contribution in [-0.2, 0) is 11.3 Å². The van der Waals surface area contributed by atoms with Gasteiger partial charge in [0.2, 0.25) is 5.91 Å². The van der Waals surface area contributed by atoms with Gasteiger partial charge in [0.05, 0.1) is 19.9 Å². The smallest absolute Gasteiger partial charge is 0.277 e. The largest absolute Gasteiger partial charge is 0.497 e. The zero-order valence-corrected chi connectivity index (χ0v) is 18.2. The number of carbonyl (C=O) groups is 2. The predicted molar refractivity (Wildman–Crippen MR) is 119 cm³/mol. The highest BCUT2D eigenvalue weighted by molar-refractivity contribution is 6.12. The number of anilines is 1. The molecule has 0 radical (unpaired) electrons. The van der Waals surface area contributed by atoms with E-state index in [0.29, 0.717) is 28.6 Å². The standard InChI is InChI=1S/C24H26N4O4/c1-24(23(30)25-16-6-3-4-7-16)15-27-20(14-19(26-27)21-8-5-13-32-21)22(29)28(24)17-9-11-18(31-2)12-10-17/h5,8-14,16H,3-4,6-7,15H2,1-2H3,(H,25,30). The van der Waals surface area contributed by atoms with Gasteiger partial charge < -0.3 is 14.5 Å². The van der Waals surface area contributed by atoms with Crippen LogP contribution in [0.3, 0.4) is 0 Å². The minimum absolute atomic E-state index is 0.143. The molecule has 0 saturated heterocycles. The van der Waals surface area contributed by atoms with Gasteiger partial charge in [0.1, 0.15) is 22.7 Å². The summed E-state index contributed by atoms with van der Waals surface area (Å²) in [6.07, 6.45) is 5.72. The molecule has 1 aromatic carbocycles. The van der Waals surface area contributed by atoms with Crippen molar-refractivity contribution in [3.8, 4) is 17.2 Å². The summed E-state index contributed by atoms with van der Waals surface area (Å²) in [5.74, 6) is 0.804. The Hall–Kier alpha value is -3.55. The number of hydrogen-bond acceptors (Lipinski definition) is 5. The van der Waals surface area contributed by atoms with E-state index in [1.807, 2.05) is 0 Å². The third-order valence-corrected chi connectivity index (χ3v) is 6.44. The molecule has 0 bridgehead atoms. The van der Waals surface area contributed by atoms with Gasteiger partial charge in [-0.15, -0.1) is 0 Å². The summed E-state index contributed by atoms with van der Waals surface area (Å²) in [6, 6.07) is 12.6. The normalized spacial score (nSPS) is 20.9. The van der Waals surface area contributed by atoms with Crippen molar-refractivity contribution in [3.05, 3.63) is 54.4 Å². The maximum absolute atomic E-state index is 13.7. The number of rotatable bonds is 5. The van der Waals surface area contributed by atoms with Crippen molar-refractivity contribution in [2.75, 3.05) is 12.0 Å². The van der Waals surface area contributed by atoms with Crippen molar-refractivity contribution >= 4 is 17.5 Å². The fourth-order valence-electron chi connectivity index (χ4n) is 4.67. The van der Waals surface area contributed by atoms with E-state index in [1.165, 1.54) is 0 Å². The lowest BCUT2D eigenvalue weighted by molar-refractivity contribution is -0.127. The predicted octanol–water partition coefficient (Wildman–Crippen LogP) is 3.63. The number of furan rings is 1. The summed E-state index contributed by atoms with van der Waals surface area (Å²) in [5.41, 5.74) is 0.465. The Kier molecular flexibility index (Phi) is 5.00. The van der Waals surface area contributed by atoms with Crippen molar-refractivity contribution in [2.24, 2.45) is 0 Å². The number of hydrogen-bond donors (Lipinski definition) is 1. The molecule has 1 aliphatic carbocycles. The number of methoxy groups -OCH3 is 1. The summed E-state index contributed by atoms with van der Waals surface area (Å²) < 4.78 is 12.3. The molecule has 1 fully saturated rings. The summed E-state index contributed by atoms with van der Waals surface area (Å²) in [7, 11) is 1.59. The van der Waals surface area contributed by atoms with Gasteiger partial charge in [0, 0.05) is 17.8 Å². The maximum atomic E-state index is 13.7. The van der Waals surface area contributed by atoms with Crippen molar-refractivity contribution in [1.29, 1.82) is 0 Å². The molecular weight excluding hydrogens is 408 g/mol. The summed E-state index contributed by atoms with van der Waals surface area (Å²) in [4.78, 5) is 28.9. The molecule has 8 heteroatoms. The molecule has 3 aromatic rings. The second-order valence-corrected chi connectivity index (χ2v) is 8.62. The zero-order valence-electron chi connectivity index (χ0n) is 18.2. The molecule has 1 saturated carbocycles. The van der Waals surface area contributed by atoms with Crippen molar-refractivity contribution in [3.63, 3.8) is 0 Å². The molecule has 166 valence electrons. The molecule has 1 unspecified atom stereocenters. The maximum Gasteiger partial charge on any atom is 0.277 e. The summed E-state index contributed by atoms with van der Waals surface area (Å²) >= 11 is 0. The van der Waals surface area contributed by atoms with Gasteiger partial charge in [-0.05, 0) is 56.2 Å². The lowest BCUT2D eigenvalue weighted by atomic mass is 9.93. The van der Waals surface area contributed by atoms with Crippen LogP contribution in [0.25, 0.3) is 11.5 Å². The van der Waals surface area contributed by atoms with Gasteiger partial charge in [-0.3, -0.25) is 19.2 Å².